The average Bonchev–Trinajstić information content (AvgIpc) is 2.22. The van der Waals surface area contributed by atoms with Gasteiger partial charge in [0.2, 0.25) is 0 Å². The molecule has 0 saturated heterocycles. The number of rotatable bonds is 8. The van der Waals surface area contributed by atoms with Crippen LogP contribution < -0.4 is 5.73 Å². The lowest BCUT2D eigenvalue weighted by Crippen LogP contribution is -2.53. The van der Waals surface area contributed by atoms with Gasteiger partial charge in [-0.3, -0.25) is 4.90 Å². The first-order valence-corrected chi connectivity index (χ1v) is 6.08. The molecular formula is C12H29N3. The molecule has 0 aromatic heterocycles. The lowest BCUT2D eigenvalue weighted by Gasteiger charge is -2.41. The Labute approximate surface area is 95.6 Å². The van der Waals surface area contributed by atoms with Crippen molar-refractivity contribution >= 4 is 0 Å². The monoisotopic (exact) mass is 215 g/mol. The number of nitrogens with zero attached hydrogens (tertiary/aromatic N) is 2. The van der Waals surface area contributed by atoms with Gasteiger partial charge in [-0.1, -0.05) is 20.3 Å². The van der Waals surface area contributed by atoms with Gasteiger partial charge in [0.05, 0.1) is 0 Å². The Kier molecular flexibility index (Phi) is 7.14. The molecule has 0 bridgehead atoms. The number of likely N-dealkylation sites (N-methyl/N-ethyl adjacent to an activating group) is 2. The highest BCUT2D eigenvalue weighted by molar-refractivity contribution is 4.88. The van der Waals surface area contributed by atoms with Gasteiger partial charge in [-0.05, 0) is 34.0 Å². The van der Waals surface area contributed by atoms with E-state index in [1.165, 1.54) is 12.8 Å². The minimum Gasteiger partial charge on any atom is -0.329 e. The van der Waals surface area contributed by atoms with E-state index in [4.69, 9.17) is 5.73 Å². The Bertz CT molecular complexity index is 153. The zero-order chi connectivity index (χ0) is 11.9. The van der Waals surface area contributed by atoms with Gasteiger partial charge >= 0.3 is 0 Å². The van der Waals surface area contributed by atoms with E-state index < -0.39 is 0 Å². The highest BCUT2D eigenvalue weighted by Gasteiger charge is 2.29. The van der Waals surface area contributed by atoms with Gasteiger partial charge in [0.25, 0.3) is 0 Å². The first-order valence-electron chi connectivity index (χ1n) is 6.08. The van der Waals surface area contributed by atoms with Crippen molar-refractivity contribution in [2.45, 2.75) is 38.6 Å². The maximum absolute atomic E-state index is 5.96. The van der Waals surface area contributed by atoms with Crippen LogP contribution in [-0.2, 0) is 0 Å². The van der Waals surface area contributed by atoms with Crippen molar-refractivity contribution in [3.8, 4) is 0 Å². The molecule has 0 amide bonds. The summed E-state index contributed by atoms with van der Waals surface area (Å²) >= 11 is 0. The van der Waals surface area contributed by atoms with E-state index in [0.29, 0.717) is 0 Å². The molecule has 0 rings (SSSR count). The quantitative estimate of drug-likeness (QED) is 0.664. The second kappa shape index (κ2) is 7.20. The third kappa shape index (κ3) is 4.49. The summed E-state index contributed by atoms with van der Waals surface area (Å²) in [7, 11) is 6.43. The van der Waals surface area contributed by atoms with E-state index in [1.807, 2.05) is 0 Å². The fraction of sp³-hybridized carbons (Fsp3) is 1.00. The van der Waals surface area contributed by atoms with Crippen molar-refractivity contribution in [2.75, 3.05) is 40.8 Å². The lowest BCUT2D eigenvalue weighted by molar-refractivity contribution is 0.101. The molecule has 0 fully saturated rings. The molecule has 0 aliphatic rings. The van der Waals surface area contributed by atoms with Crippen molar-refractivity contribution in [3.63, 3.8) is 0 Å². The van der Waals surface area contributed by atoms with Gasteiger partial charge in [0, 0.05) is 25.2 Å². The van der Waals surface area contributed by atoms with Crippen LogP contribution in [0.3, 0.4) is 0 Å². The summed E-state index contributed by atoms with van der Waals surface area (Å²) in [6.45, 7) is 7.44. The summed E-state index contributed by atoms with van der Waals surface area (Å²) in [4.78, 5) is 4.66. The average molecular weight is 215 g/mol. The van der Waals surface area contributed by atoms with E-state index in [9.17, 15) is 0 Å². The van der Waals surface area contributed by atoms with E-state index in [0.717, 1.165) is 26.1 Å². The predicted molar refractivity (Wildman–Crippen MR) is 68.2 cm³/mol. The second-order valence-corrected chi connectivity index (χ2v) is 4.76. The Morgan fingerprint density at radius 2 is 1.67 bits per heavy atom. The normalized spacial score (nSPS) is 16.0. The maximum Gasteiger partial charge on any atom is 0.0326 e. The molecule has 15 heavy (non-hydrogen) atoms. The molecular weight excluding hydrogens is 186 g/mol. The fourth-order valence-electron chi connectivity index (χ4n) is 2.09. The first kappa shape index (κ1) is 14.9. The highest BCUT2D eigenvalue weighted by Crippen LogP contribution is 2.22. The number of hydrogen-bond donors (Lipinski definition) is 1. The Hall–Kier alpha value is -0.120. The van der Waals surface area contributed by atoms with E-state index in [-0.39, 0.29) is 5.54 Å². The van der Waals surface area contributed by atoms with Crippen LogP contribution in [0, 0.1) is 0 Å². The Morgan fingerprint density at radius 3 is 2.00 bits per heavy atom. The zero-order valence-electron chi connectivity index (χ0n) is 11.2. The molecule has 0 aromatic rings. The minimum absolute atomic E-state index is 0.213. The summed E-state index contributed by atoms with van der Waals surface area (Å²) in [6, 6.07) is 0. The smallest absolute Gasteiger partial charge is 0.0326 e. The topological polar surface area (TPSA) is 32.5 Å². The van der Waals surface area contributed by atoms with Crippen molar-refractivity contribution in [2.24, 2.45) is 5.73 Å². The Balaban J connectivity index is 4.32. The standard InChI is InChI=1S/C12H29N3/c1-6-8-12(7-2,11-13)15(5)10-9-14(3)4/h6-11,13H2,1-5H3. The third-order valence-electron chi connectivity index (χ3n) is 3.45. The van der Waals surface area contributed by atoms with Crippen LogP contribution >= 0.6 is 0 Å². The summed E-state index contributed by atoms with van der Waals surface area (Å²) < 4.78 is 0. The predicted octanol–water partition coefficient (Wildman–Crippen LogP) is 1.39. The van der Waals surface area contributed by atoms with E-state index in [1.54, 1.807) is 0 Å². The zero-order valence-corrected chi connectivity index (χ0v) is 11.2. The third-order valence-corrected chi connectivity index (χ3v) is 3.45. The molecule has 2 N–H and O–H groups in total. The van der Waals surface area contributed by atoms with Gasteiger partial charge in [-0.15, -0.1) is 0 Å². The molecule has 92 valence electrons. The van der Waals surface area contributed by atoms with Gasteiger partial charge in [0.15, 0.2) is 0 Å². The fourth-order valence-corrected chi connectivity index (χ4v) is 2.09. The molecule has 1 atom stereocenters. The molecule has 3 nitrogen and oxygen atoms in total. The lowest BCUT2D eigenvalue weighted by atomic mass is 9.89. The van der Waals surface area contributed by atoms with Crippen molar-refractivity contribution in [1.82, 2.24) is 9.80 Å². The SMILES string of the molecule is CCCC(CC)(CN)N(C)CCN(C)C. The summed E-state index contributed by atoms with van der Waals surface area (Å²) in [6.07, 6.45) is 3.54. The minimum atomic E-state index is 0.213. The largest absolute Gasteiger partial charge is 0.329 e. The second-order valence-electron chi connectivity index (χ2n) is 4.76. The van der Waals surface area contributed by atoms with Crippen molar-refractivity contribution in [1.29, 1.82) is 0 Å². The van der Waals surface area contributed by atoms with Gasteiger partial charge < -0.3 is 10.6 Å². The molecule has 0 radical (unpaired) electrons. The van der Waals surface area contributed by atoms with Gasteiger partial charge in [-0.25, -0.2) is 0 Å². The molecule has 0 aliphatic carbocycles. The van der Waals surface area contributed by atoms with Crippen LogP contribution in [0.5, 0.6) is 0 Å². The van der Waals surface area contributed by atoms with Crippen molar-refractivity contribution < 1.29 is 0 Å². The van der Waals surface area contributed by atoms with Crippen LogP contribution in [0.4, 0.5) is 0 Å². The van der Waals surface area contributed by atoms with Crippen molar-refractivity contribution in [3.05, 3.63) is 0 Å². The van der Waals surface area contributed by atoms with E-state index in [2.05, 4.69) is 44.8 Å². The molecule has 0 saturated carbocycles. The Morgan fingerprint density at radius 1 is 1.07 bits per heavy atom. The summed E-state index contributed by atoms with van der Waals surface area (Å²) in [5.41, 5.74) is 6.17. The maximum atomic E-state index is 5.96. The molecule has 0 aliphatic heterocycles. The molecule has 0 aromatic carbocycles. The summed E-state index contributed by atoms with van der Waals surface area (Å²) in [5, 5.41) is 0. The van der Waals surface area contributed by atoms with Crippen LogP contribution in [0.1, 0.15) is 33.1 Å². The van der Waals surface area contributed by atoms with Crippen LogP contribution in [0.25, 0.3) is 0 Å². The van der Waals surface area contributed by atoms with Gasteiger partial charge in [-0.2, -0.15) is 0 Å². The molecule has 1 unspecified atom stereocenters. The van der Waals surface area contributed by atoms with Gasteiger partial charge in [0.1, 0.15) is 0 Å². The molecule has 0 spiro atoms. The number of nitrogens with two attached hydrogens (primary N) is 1. The number of hydrogen-bond acceptors (Lipinski definition) is 3. The first-order chi connectivity index (χ1) is 7.02. The molecule has 0 heterocycles. The van der Waals surface area contributed by atoms with E-state index >= 15 is 0 Å². The summed E-state index contributed by atoms with van der Waals surface area (Å²) in [5.74, 6) is 0. The van der Waals surface area contributed by atoms with Crippen LogP contribution in [0.2, 0.25) is 0 Å². The van der Waals surface area contributed by atoms with Crippen LogP contribution in [-0.4, -0.2) is 56.1 Å². The highest BCUT2D eigenvalue weighted by atomic mass is 15.2. The van der Waals surface area contributed by atoms with Crippen LogP contribution in [0.15, 0.2) is 0 Å². The molecule has 3 heteroatoms.